The Morgan fingerprint density at radius 1 is 1.29 bits per heavy atom. The minimum Gasteiger partial charge on any atom is -0.355 e. The number of para-hydroxylation sites is 1. The van der Waals surface area contributed by atoms with Crippen molar-refractivity contribution in [2.75, 3.05) is 24.5 Å². The Kier molecular flexibility index (Phi) is 4.39. The summed E-state index contributed by atoms with van der Waals surface area (Å²) in [6, 6.07) is 5.02. The second-order valence-corrected chi connectivity index (χ2v) is 7.94. The van der Waals surface area contributed by atoms with Crippen molar-refractivity contribution in [1.29, 1.82) is 0 Å². The number of nitrogens with zero attached hydrogens (tertiary/aromatic N) is 2. The molecule has 2 heterocycles. The molecule has 0 unspecified atom stereocenters. The van der Waals surface area contributed by atoms with Gasteiger partial charge in [-0.25, -0.2) is 9.37 Å². The Morgan fingerprint density at radius 3 is 2.83 bits per heavy atom. The molecule has 4 rings (SSSR count). The highest BCUT2D eigenvalue weighted by molar-refractivity contribution is 7.22. The second-order valence-electron chi connectivity index (χ2n) is 6.93. The van der Waals surface area contributed by atoms with E-state index in [2.05, 4.69) is 15.2 Å². The lowest BCUT2D eigenvalue weighted by Crippen LogP contribution is -2.54. The number of thiazole rings is 1. The fourth-order valence-corrected chi connectivity index (χ4v) is 4.62. The van der Waals surface area contributed by atoms with Crippen molar-refractivity contribution in [3.8, 4) is 0 Å². The zero-order valence-electron chi connectivity index (χ0n) is 13.6. The van der Waals surface area contributed by atoms with E-state index in [9.17, 15) is 9.18 Å². The number of nitrogens with one attached hydrogen (secondary N) is 1. The Bertz CT molecular complexity index is 735. The van der Waals surface area contributed by atoms with E-state index < -0.39 is 0 Å². The minimum atomic E-state index is -0.280. The van der Waals surface area contributed by atoms with Gasteiger partial charge in [0.15, 0.2) is 5.13 Å². The van der Waals surface area contributed by atoms with Crippen LogP contribution in [0.2, 0.25) is 0 Å². The van der Waals surface area contributed by atoms with E-state index in [4.69, 9.17) is 0 Å². The number of aromatic nitrogens is 1. The largest absolute Gasteiger partial charge is 0.355 e. The standard InChI is InChI=1S/C18H22FN3OS/c19-14-7-4-8-15-16(14)21-18(24-15)22-10-13(11-22)17(23)20-9-12-5-2-1-3-6-12/h4,7-8,12-13H,1-3,5-6,9-11H2,(H,20,23). The molecule has 24 heavy (non-hydrogen) atoms. The first-order valence-corrected chi connectivity index (χ1v) is 9.60. The van der Waals surface area contributed by atoms with E-state index in [0.717, 1.165) is 16.4 Å². The van der Waals surface area contributed by atoms with Crippen LogP contribution >= 0.6 is 11.3 Å². The van der Waals surface area contributed by atoms with Gasteiger partial charge in [0.25, 0.3) is 0 Å². The molecule has 6 heteroatoms. The van der Waals surface area contributed by atoms with Crippen LogP contribution in [-0.4, -0.2) is 30.5 Å². The number of anilines is 1. The Hall–Kier alpha value is -1.69. The number of amides is 1. The lowest BCUT2D eigenvalue weighted by atomic mass is 9.89. The SMILES string of the molecule is O=C(NCC1CCCCC1)C1CN(c2nc3c(F)cccc3s2)C1. The molecule has 1 N–H and O–H groups in total. The molecule has 2 aromatic rings. The highest BCUT2D eigenvalue weighted by Crippen LogP contribution is 2.34. The Morgan fingerprint density at radius 2 is 2.08 bits per heavy atom. The third-order valence-electron chi connectivity index (χ3n) is 5.17. The van der Waals surface area contributed by atoms with Gasteiger partial charge >= 0.3 is 0 Å². The number of carbonyl (C=O) groups excluding carboxylic acids is 1. The van der Waals surface area contributed by atoms with Gasteiger partial charge < -0.3 is 10.2 Å². The van der Waals surface area contributed by atoms with E-state index in [-0.39, 0.29) is 17.6 Å². The number of rotatable bonds is 4. The molecule has 2 fully saturated rings. The van der Waals surface area contributed by atoms with Crippen LogP contribution in [0.1, 0.15) is 32.1 Å². The molecule has 0 radical (unpaired) electrons. The molecule has 0 bridgehead atoms. The molecule has 2 aliphatic rings. The van der Waals surface area contributed by atoms with Gasteiger partial charge in [-0.15, -0.1) is 0 Å². The zero-order chi connectivity index (χ0) is 16.5. The third-order valence-corrected chi connectivity index (χ3v) is 6.25. The smallest absolute Gasteiger partial charge is 0.226 e. The summed E-state index contributed by atoms with van der Waals surface area (Å²) in [6.07, 6.45) is 6.42. The molecular formula is C18H22FN3OS. The number of hydrogen-bond acceptors (Lipinski definition) is 4. The summed E-state index contributed by atoms with van der Waals surface area (Å²) in [5, 5.41) is 3.93. The van der Waals surface area contributed by atoms with Crippen LogP contribution in [0.15, 0.2) is 18.2 Å². The van der Waals surface area contributed by atoms with Crippen molar-refractivity contribution in [3.63, 3.8) is 0 Å². The number of benzene rings is 1. The summed E-state index contributed by atoms with van der Waals surface area (Å²) in [5.41, 5.74) is 0.433. The maximum absolute atomic E-state index is 13.7. The summed E-state index contributed by atoms with van der Waals surface area (Å²) in [6.45, 7) is 2.18. The van der Waals surface area contributed by atoms with Gasteiger partial charge in [-0.2, -0.15) is 0 Å². The summed E-state index contributed by atoms with van der Waals surface area (Å²) >= 11 is 1.49. The molecule has 1 aliphatic carbocycles. The van der Waals surface area contributed by atoms with Gasteiger partial charge in [0.2, 0.25) is 5.91 Å². The lowest BCUT2D eigenvalue weighted by molar-refractivity contribution is -0.125. The molecule has 0 spiro atoms. The van der Waals surface area contributed by atoms with Gasteiger partial charge in [-0.3, -0.25) is 4.79 Å². The van der Waals surface area contributed by atoms with E-state index in [1.807, 2.05) is 6.07 Å². The third kappa shape index (κ3) is 3.11. The van der Waals surface area contributed by atoms with Crippen molar-refractivity contribution in [3.05, 3.63) is 24.0 Å². The van der Waals surface area contributed by atoms with Gasteiger partial charge in [-0.1, -0.05) is 36.7 Å². The molecular weight excluding hydrogens is 325 g/mol. The highest BCUT2D eigenvalue weighted by Gasteiger charge is 2.34. The molecule has 4 nitrogen and oxygen atoms in total. The first kappa shape index (κ1) is 15.8. The Labute approximate surface area is 145 Å². The first-order chi connectivity index (χ1) is 11.7. The fraction of sp³-hybridized carbons (Fsp3) is 0.556. The van der Waals surface area contributed by atoms with Crippen molar-refractivity contribution in [2.45, 2.75) is 32.1 Å². The van der Waals surface area contributed by atoms with Crippen LogP contribution in [0.5, 0.6) is 0 Å². The summed E-state index contributed by atoms with van der Waals surface area (Å²) in [4.78, 5) is 18.7. The monoisotopic (exact) mass is 347 g/mol. The molecule has 1 saturated heterocycles. The first-order valence-electron chi connectivity index (χ1n) is 8.78. The quantitative estimate of drug-likeness (QED) is 0.920. The number of fused-ring (bicyclic) bond motifs is 1. The van der Waals surface area contributed by atoms with Crippen LogP contribution in [0.25, 0.3) is 10.2 Å². The van der Waals surface area contributed by atoms with Crippen LogP contribution in [0.4, 0.5) is 9.52 Å². The molecule has 1 aromatic heterocycles. The second kappa shape index (κ2) is 6.67. The molecule has 0 atom stereocenters. The van der Waals surface area contributed by atoms with Crippen LogP contribution in [0.3, 0.4) is 0 Å². The molecule has 1 aliphatic heterocycles. The van der Waals surface area contributed by atoms with Crippen LogP contribution < -0.4 is 10.2 Å². The van der Waals surface area contributed by atoms with Gasteiger partial charge in [0.05, 0.1) is 10.6 Å². The van der Waals surface area contributed by atoms with Gasteiger partial charge in [0.1, 0.15) is 11.3 Å². The minimum absolute atomic E-state index is 0.0328. The van der Waals surface area contributed by atoms with E-state index in [1.54, 1.807) is 6.07 Å². The van der Waals surface area contributed by atoms with Crippen LogP contribution in [-0.2, 0) is 4.79 Å². The van der Waals surface area contributed by atoms with Crippen molar-refractivity contribution in [1.82, 2.24) is 10.3 Å². The Balaban J connectivity index is 1.30. The summed E-state index contributed by atoms with van der Waals surface area (Å²) in [7, 11) is 0. The van der Waals surface area contributed by atoms with Gasteiger partial charge in [-0.05, 0) is 30.9 Å². The average Bonchev–Trinajstić information content (AvgIpc) is 2.97. The summed E-state index contributed by atoms with van der Waals surface area (Å²) in [5.74, 6) is 0.568. The number of carbonyl (C=O) groups is 1. The molecule has 128 valence electrons. The highest BCUT2D eigenvalue weighted by atomic mass is 32.1. The normalized spacial score (nSPS) is 19.5. The summed E-state index contributed by atoms with van der Waals surface area (Å²) < 4.78 is 14.6. The maximum atomic E-state index is 13.7. The van der Waals surface area contributed by atoms with E-state index in [1.165, 1.54) is 49.5 Å². The number of halogens is 1. The maximum Gasteiger partial charge on any atom is 0.226 e. The van der Waals surface area contributed by atoms with Crippen molar-refractivity contribution < 1.29 is 9.18 Å². The van der Waals surface area contributed by atoms with E-state index in [0.29, 0.717) is 24.5 Å². The predicted molar refractivity (Wildman–Crippen MR) is 94.9 cm³/mol. The molecule has 1 saturated carbocycles. The average molecular weight is 347 g/mol. The topological polar surface area (TPSA) is 45.2 Å². The molecule has 1 amide bonds. The van der Waals surface area contributed by atoms with E-state index >= 15 is 0 Å². The van der Waals surface area contributed by atoms with Gasteiger partial charge in [0, 0.05) is 19.6 Å². The fourth-order valence-electron chi connectivity index (χ4n) is 3.62. The zero-order valence-corrected chi connectivity index (χ0v) is 14.4. The number of hydrogen-bond donors (Lipinski definition) is 1. The van der Waals surface area contributed by atoms with Crippen LogP contribution in [0, 0.1) is 17.7 Å². The predicted octanol–water partition coefficient (Wildman–Crippen LogP) is 3.57. The van der Waals surface area contributed by atoms with Crippen molar-refractivity contribution in [2.24, 2.45) is 11.8 Å². The lowest BCUT2D eigenvalue weighted by Gasteiger charge is -2.38. The van der Waals surface area contributed by atoms with Crippen molar-refractivity contribution >= 4 is 32.6 Å². The molecule has 1 aromatic carbocycles.